The second-order valence-corrected chi connectivity index (χ2v) is 9.23. The van der Waals surface area contributed by atoms with E-state index in [1.807, 2.05) is 19.1 Å². The van der Waals surface area contributed by atoms with E-state index >= 15 is 0 Å². The van der Waals surface area contributed by atoms with E-state index in [9.17, 15) is 13.2 Å². The molecular formula is C22H20Cl2N2O3S. The molecule has 1 amide bonds. The monoisotopic (exact) mass is 462 g/mol. The highest BCUT2D eigenvalue weighted by atomic mass is 35.5. The number of nitrogens with one attached hydrogen (secondary N) is 1. The van der Waals surface area contributed by atoms with Crippen molar-refractivity contribution in [3.05, 3.63) is 88.4 Å². The average molecular weight is 463 g/mol. The molecule has 3 rings (SSSR count). The summed E-state index contributed by atoms with van der Waals surface area (Å²) in [7, 11) is -4.04. The zero-order valence-electron chi connectivity index (χ0n) is 16.2. The maximum absolute atomic E-state index is 13.3. The van der Waals surface area contributed by atoms with E-state index in [2.05, 4.69) is 5.32 Å². The molecule has 1 N–H and O–H groups in total. The third-order valence-corrected chi connectivity index (χ3v) is 6.75. The van der Waals surface area contributed by atoms with Crippen LogP contribution in [-0.4, -0.2) is 20.9 Å². The highest BCUT2D eigenvalue weighted by molar-refractivity contribution is 7.92. The number of rotatable bonds is 7. The van der Waals surface area contributed by atoms with Gasteiger partial charge in [-0.15, -0.1) is 0 Å². The maximum Gasteiger partial charge on any atom is 0.264 e. The molecule has 3 aromatic carbocycles. The molecule has 5 nitrogen and oxygen atoms in total. The predicted molar refractivity (Wildman–Crippen MR) is 122 cm³/mol. The second kappa shape index (κ2) is 9.51. The fourth-order valence-electron chi connectivity index (χ4n) is 2.86. The minimum atomic E-state index is -4.04. The summed E-state index contributed by atoms with van der Waals surface area (Å²) in [6.07, 6.45) is 0.881. The number of hydrogen-bond acceptors (Lipinski definition) is 3. The summed E-state index contributed by atoms with van der Waals surface area (Å²) in [5.41, 5.74) is 1.88. The molecule has 0 unspecified atom stereocenters. The van der Waals surface area contributed by atoms with Gasteiger partial charge in [-0.1, -0.05) is 60.5 Å². The number of hydrogen-bond donors (Lipinski definition) is 1. The standard InChI is InChI=1S/C22H20Cl2N2O3S/c1-2-16-8-11-18(12-9-16)25-22(27)15-26(21-13-10-17(23)14-20(21)24)30(28,29)19-6-4-3-5-7-19/h3-14H,2,15H2,1H3,(H,25,27). The molecule has 0 heterocycles. The Balaban J connectivity index is 1.94. The summed E-state index contributed by atoms with van der Waals surface area (Å²) in [5.74, 6) is -0.496. The highest BCUT2D eigenvalue weighted by Gasteiger charge is 2.28. The van der Waals surface area contributed by atoms with E-state index in [1.165, 1.54) is 30.3 Å². The number of nitrogens with zero attached hydrogens (tertiary/aromatic N) is 1. The minimum absolute atomic E-state index is 0.0520. The Kier molecular flexibility index (Phi) is 7.02. The Morgan fingerprint density at radius 3 is 2.23 bits per heavy atom. The van der Waals surface area contributed by atoms with E-state index < -0.39 is 22.5 Å². The van der Waals surface area contributed by atoms with Gasteiger partial charge in [0.25, 0.3) is 10.0 Å². The van der Waals surface area contributed by atoms with Crippen LogP contribution in [0.2, 0.25) is 10.0 Å². The number of benzene rings is 3. The lowest BCUT2D eigenvalue weighted by Crippen LogP contribution is -2.38. The molecule has 8 heteroatoms. The summed E-state index contributed by atoms with van der Waals surface area (Å²) in [4.78, 5) is 12.8. The van der Waals surface area contributed by atoms with Gasteiger partial charge in [-0.05, 0) is 54.4 Å². The largest absolute Gasteiger partial charge is 0.325 e. The Morgan fingerprint density at radius 2 is 1.63 bits per heavy atom. The van der Waals surface area contributed by atoms with Crippen LogP contribution in [0.25, 0.3) is 0 Å². The Morgan fingerprint density at radius 1 is 0.967 bits per heavy atom. The normalized spacial score (nSPS) is 11.2. The Hall–Kier alpha value is -2.54. The molecule has 0 saturated heterocycles. The zero-order valence-corrected chi connectivity index (χ0v) is 18.5. The summed E-state index contributed by atoms with van der Waals surface area (Å²) in [6, 6.07) is 19.7. The minimum Gasteiger partial charge on any atom is -0.325 e. The Labute approximate surface area is 186 Å². The molecule has 0 aliphatic rings. The van der Waals surface area contributed by atoms with Crippen molar-refractivity contribution in [3.8, 4) is 0 Å². The van der Waals surface area contributed by atoms with Gasteiger partial charge in [-0.25, -0.2) is 8.42 Å². The van der Waals surface area contributed by atoms with Crippen molar-refractivity contribution in [3.63, 3.8) is 0 Å². The maximum atomic E-state index is 13.3. The predicted octanol–water partition coefficient (Wildman–Crippen LogP) is 5.39. The van der Waals surface area contributed by atoms with Gasteiger partial charge in [0.15, 0.2) is 0 Å². The van der Waals surface area contributed by atoms with E-state index in [0.29, 0.717) is 10.7 Å². The van der Waals surface area contributed by atoms with Crippen molar-refractivity contribution in [2.24, 2.45) is 0 Å². The van der Waals surface area contributed by atoms with Crippen molar-refractivity contribution < 1.29 is 13.2 Å². The molecule has 0 radical (unpaired) electrons. The smallest absolute Gasteiger partial charge is 0.264 e. The fraction of sp³-hybridized carbons (Fsp3) is 0.136. The molecule has 0 bridgehead atoms. The van der Waals surface area contributed by atoms with Gasteiger partial charge in [0, 0.05) is 10.7 Å². The number of anilines is 2. The van der Waals surface area contributed by atoms with Crippen molar-refractivity contribution in [1.29, 1.82) is 0 Å². The SMILES string of the molecule is CCc1ccc(NC(=O)CN(c2ccc(Cl)cc2Cl)S(=O)(=O)c2ccccc2)cc1. The van der Waals surface area contributed by atoms with Crippen molar-refractivity contribution in [2.75, 3.05) is 16.2 Å². The van der Waals surface area contributed by atoms with Crippen LogP contribution in [0, 0.1) is 0 Å². The molecule has 0 aliphatic heterocycles. The first-order chi connectivity index (χ1) is 14.3. The van der Waals surface area contributed by atoms with Gasteiger partial charge in [0.2, 0.25) is 5.91 Å². The first-order valence-electron chi connectivity index (χ1n) is 9.23. The first-order valence-corrected chi connectivity index (χ1v) is 11.4. The molecule has 0 saturated carbocycles. The van der Waals surface area contributed by atoms with Crippen LogP contribution in [-0.2, 0) is 21.2 Å². The van der Waals surface area contributed by atoms with Gasteiger partial charge < -0.3 is 5.32 Å². The molecular weight excluding hydrogens is 443 g/mol. The van der Waals surface area contributed by atoms with Gasteiger partial charge in [0.05, 0.1) is 15.6 Å². The molecule has 0 atom stereocenters. The fourth-order valence-corrected chi connectivity index (χ4v) is 4.88. The van der Waals surface area contributed by atoms with Crippen molar-refractivity contribution in [2.45, 2.75) is 18.2 Å². The molecule has 0 aliphatic carbocycles. The topological polar surface area (TPSA) is 66.5 Å². The average Bonchev–Trinajstić information content (AvgIpc) is 2.73. The summed E-state index contributed by atoms with van der Waals surface area (Å²) in [6.45, 7) is 1.59. The van der Waals surface area contributed by atoms with Gasteiger partial charge in [-0.2, -0.15) is 0 Å². The van der Waals surface area contributed by atoms with Crippen LogP contribution in [0.5, 0.6) is 0 Å². The quantitative estimate of drug-likeness (QED) is 0.511. The number of sulfonamides is 1. The summed E-state index contributed by atoms with van der Waals surface area (Å²) >= 11 is 12.2. The number of carbonyl (C=O) groups excluding carboxylic acids is 1. The number of halogens is 2. The summed E-state index contributed by atoms with van der Waals surface area (Å²) in [5, 5.41) is 3.22. The van der Waals surface area contributed by atoms with E-state index in [4.69, 9.17) is 23.2 Å². The van der Waals surface area contributed by atoms with Crippen molar-refractivity contribution in [1.82, 2.24) is 0 Å². The third kappa shape index (κ3) is 5.14. The van der Waals surface area contributed by atoms with Gasteiger partial charge in [-0.3, -0.25) is 9.10 Å². The lowest BCUT2D eigenvalue weighted by molar-refractivity contribution is -0.114. The molecule has 0 fully saturated rings. The van der Waals surface area contributed by atoms with Gasteiger partial charge >= 0.3 is 0 Å². The molecule has 30 heavy (non-hydrogen) atoms. The van der Waals surface area contributed by atoms with Crippen LogP contribution < -0.4 is 9.62 Å². The zero-order chi connectivity index (χ0) is 21.7. The molecule has 0 aromatic heterocycles. The lowest BCUT2D eigenvalue weighted by Gasteiger charge is -2.25. The number of carbonyl (C=O) groups is 1. The van der Waals surface area contributed by atoms with Gasteiger partial charge in [0.1, 0.15) is 6.54 Å². The van der Waals surface area contributed by atoms with E-state index in [-0.39, 0.29) is 15.6 Å². The number of aryl methyl sites for hydroxylation is 1. The van der Waals surface area contributed by atoms with E-state index in [0.717, 1.165) is 16.3 Å². The highest BCUT2D eigenvalue weighted by Crippen LogP contribution is 2.32. The number of amides is 1. The van der Waals surface area contributed by atoms with Crippen LogP contribution in [0.1, 0.15) is 12.5 Å². The lowest BCUT2D eigenvalue weighted by atomic mass is 10.1. The molecule has 156 valence electrons. The summed E-state index contributed by atoms with van der Waals surface area (Å²) < 4.78 is 27.6. The van der Waals surface area contributed by atoms with Crippen LogP contribution in [0.3, 0.4) is 0 Å². The molecule has 3 aromatic rings. The van der Waals surface area contributed by atoms with Crippen LogP contribution in [0.15, 0.2) is 77.7 Å². The van der Waals surface area contributed by atoms with Crippen LogP contribution >= 0.6 is 23.2 Å². The first kappa shape index (κ1) is 22.2. The molecule has 0 spiro atoms. The van der Waals surface area contributed by atoms with Crippen LogP contribution in [0.4, 0.5) is 11.4 Å². The second-order valence-electron chi connectivity index (χ2n) is 6.52. The Bertz CT molecular complexity index is 1130. The third-order valence-electron chi connectivity index (χ3n) is 4.44. The van der Waals surface area contributed by atoms with Crippen molar-refractivity contribution >= 4 is 50.5 Å². The van der Waals surface area contributed by atoms with E-state index in [1.54, 1.807) is 30.3 Å².